The Morgan fingerprint density at radius 3 is 2.59 bits per heavy atom. The number of nitrogens with two attached hydrogens (primary N) is 1. The van der Waals surface area contributed by atoms with E-state index in [0.29, 0.717) is 25.9 Å². The molecule has 29 heavy (non-hydrogen) atoms. The number of amides is 5. The Hall–Kier alpha value is -1.87. The first kappa shape index (κ1) is 23.4. The number of halogens is 1. The van der Waals surface area contributed by atoms with Crippen LogP contribution in [0.5, 0.6) is 0 Å². The summed E-state index contributed by atoms with van der Waals surface area (Å²) in [4.78, 5) is 53.2. The smallest absolute Gasteiger partial charge is 0.325 e. The summed E-state index contributed by atoms with van der Waals surface area (Å²) in [5.41, 5.74) is 4.58. The molecule has 164 valence electrons. The molecule has 1 saturated carbocycles. The fourth-order valence-electron chi connectivity index (χ4n) is 4.61. The van der Waals surface area contributed by atoms with Crippen LogP contribution in [0.4, 0.5) is 4.79 Å². The molecule has 1 spiro atoms. The average Bonchev–Trinajstić information content (AvgIpc) is 3.24. The molecule has 3 fully saturated rings. The third-order valence-electron chi connectivity index (χ3n) is 6.21. The van der Waals surface area contributed by atoms with Gasteiger partial charge >= 0.3 is 6.03 Å². The number of carbonyl (C=O) groups excluding carboxylic acids is 4. The van der Waals surface area contributed by atoms with Crippen LogP contribution in [-0.4, -0.2) is 70.8 Å². The van der Waals surface area contributed by atoms with Crippen molar-refractivity contribution in [3.05, 3.63) is 0 Å². The first-order valence-corrected chi connectivity index (χ1v) is 10.3. The van der Waals surface area contributed by atoms with Gasteiger partial charge in [-0.2, -0.15) is 0 Å². The Kier molecular flexibility index (Phi) is 7.87. The minimum atomic E-state index is -0.854. The molecule has 4 N–H and O–H groups in total. The lowest BCUT2D eigenvalue weighted by atomic mass is 9.97. The van der Waals surface area contributed by atoms with Gasteiger partial charge in [-0.15, -0.1) is 12.4 Å². The largest absolute Gasteiger partial charge is 0.354 e. The highest BCUT2D eigenvalue weighted by Gasteiger charge is 2.55. The first-order valence-electron chi connectivity index (χ1n) is 10.3. The van der Waals surface area contributed by atoms with Crippen molar-refractivity contribution in [3.8, 4) is 0 Å². The number of likely N-dealkylation sites (tertiary alicyclic amines) is 1. The molecule has 1 aliphatic carbocycles. The van der Waals surface area contributed by atoms with Crippen LogP contribution in [0.15, 0.2) is 0 Å². The summed E-state index contributed by atoms with van der Waals surface area (Å²) in [7, 11) is 0. The van der Waals surface area contributed by atoms with Crippen LogP contribution in [0.1, 0.15) is 58.3 Å². The third-order valence-corrected chi connectivity index (χ3v) is 6.21. The van der Waals surface area contributed by atoms with Gasteiger partial charge in [-0.1, -0.05) is 12.8 Å². The fourth-order valence-corrected chi connectivity index (χ4v) is 4.61. The molecule has 9 nitrogen and oxygen atoms in total. The molecule has 0 aromatic rings. The van der Waals surface area contributed by atoms with Crippen LogP contribution >= 0.6 is 12.4 Å². The minimum absolute atomic E-state index is 0. The van der Waals surface area contributed by atoms with Crippen molar-refractivity contribution in [1.29, 1.82) is 0 Å². The monoisotopic (exact) mass is 429 g/mol. The number of nitrogens with one attached hydrogen (secondary N) is 2. The summed E-state index contributed by atoms with van der Waals surface area (Å²) in [5.74, 6) is -0.650. The van der Waals surface area contributed by atoms with E-state index < -0.39 is 17.6 Å². The van der Waals surface area contributed by atoms with Crippen molar-refractivity contribution in [2.24, 2.45) is 5.73 Å². The van der Waals surface area contributed by atoms with Gasteiger partial charge in [0.15, 0.2) is 0 Å². The van der Waals surface area contributed by atoms with E-state index in [0.717, 1.165) is 37.0 Å². The van der Waals surface area contributed by atoms with E-state index in [4.69, 9.17) is 5.73 Å². The molecule has 3 rings (SSSR count). The summed E-state index contributed by atoms with van der Waals surface area (Å²) in [6.45, 7) is 2.83. The molecule has 0 bridgehead atoms. The molecule has 0 aromatic heterocycles. The van der Waals surface area contributed by atoms with Crippen molar-refractivity contribution < 1.29 is 19.2 Å². The number of piperidine rings is 1. The Morgan fingerprint density at radius 2 is 1.93 bits per heavy atom. The summed E-state index contributed by atoms with van der Waals surface area (Å²) in [6.07, 6.45) is 5.95. The van der Waals surface area contributed by atoms with Crippen LogP contribution in [0.3, 0.4) is 0 Å². The van der Waals surface area contributed by atoms with Gasteiger partial charge in [0.25, 0.3) is 5.91 Å². The molecular formula is C19H32ClN5O4. The molecule has 2 aliphatic heterocycles. The highest BCUT2D eigenvalue weighted by atomic mass is 35.5. The second-order valence-electron chi connectivity index (χ2n) is 8.09. The second kappa shape index (κ2) is 9.75. The summed E-state index contributed by atoms with van der Waals surface area (Å²) >= 11 is 0. The number of rotatable bonds is 6. The van der Waals surface area contributed by atoms with Crippen molar-refractivity contribution in [2.45, 2.75) is 75.9 Å². The molecular weight excluding hydrogens is 398 g/mol. The Balaban J connectivity index is 0.00000300. The predicted molar refractivity (Wildman–Crippen MR) is 109 cm³/mol. The van der Waals surface area contributed by atoms with Gasteiger partial charge in [0.2, 0.25) is 11.8 Å². The van der Waals surface area contributed by atoms with Crippen LogP contribution < -0.4 is 16.4 Å². The molecule has 0 aromatic carbocycles. The maximum Gasteiger partial charge on any atom is 0.325 e. The normalized spacial score (nSPS) is 24.3. The predicted octanol–water partition coefficient (Wildman–Crippen LogP) is 0.507. The maximum atomic E-state index is 13.2. The summed E-state index contributed by atoms with van der Waals surface area (Å²) in [5, 5.41) is 5.66. The van der Waals surface area contributed by atoms with Crippen molar-refractivity contribution in [3.63, 3.8) is 0 Å². The van der Waals surface area contributed by atoms with Crippen LogP contribution in [0, 0.1) is 0 Å². The topological polar surface area (TPSA) is 125 Å². The molecule has 2 heterocycles. The Bertz CT molecular complexity index is 653. The first-order chi connectivity index (χ1) is 13.4. The zero-order valence-electron chi connectivity index (χ0n) is 16.9. The Labute approximate surface area is 177 Å². The van der Waals surface area contributed by atoms with E-state index in [1.54, 1.807) is 11.8 Å². The zero-order chi connectivity index (χ0) is 20.3. The highest BCUT2D eigenvalue weighted by Crippen LogP contribution is 2.36. The molecule has 2 atom stereocenters. The van der Waals surface area contributed by atoms with E-state index in [9.17, 15) is 19.2 Å². The lowest BCUT2D eigenvalue weighted by molar-refractivity contribution is -0.145. The average molecular weight is 430 g/mol. The molecule has 2 saturated heterocycles. The van der Waals surface area contributed by atoms with E-state index >= 15 is 0 Å². The summed E-state index contributed by atoms with van der Waals surface area (Å²) in [6, 6.07) is -1.46. The van der Waals surface area contributed by atoms with Crippen molar-refractivity contribution >= 4 is 36.2 Å². The third kappa shape index (κ3) is 4.66. The van der Waals surface area contributed by atoms with Gasteiger partial charge in [-0.05, 0) is 39.0 Å². The molecule has 10 heteroatoms. The van der Waals surface area contributed by atoms with Gasteiger partial charge in [0.05, 0.1) is 0 Å². The Morgan fingerprint density at radius 1 is 1.24 bits per heavy atom. The second-order valence-corrected chi connectivity index (χ2v) is 8.09. The molecule has 2 unspecified atom stereocenters. The van der Waals surface area contributed by atoms with Crippen LogP contribution in [-0.2, 0) is 14.4 Å². The number of nitrogens with zero attached hydrogens (tertiary/aromatic N) is 2. The number of hydrogen-bond acceptors (Lipinski definition) is 5. The number of hydrogen-bond donors (Lipinski definition) is 3. The lowest BCUT2D eigenvalue weighted by Crippen LogP contribution is -2.56. The molecule has 5 amide bonds. The molecule has 0 radical (unpaired) electrons. The van der Waals surface area contributed by atoms with E-state index in [1.165, 1.54) is 0 Å². The summed E-state index contributed by atoms with van der Waals surface area (Å²) < 4.78 is 0. The highest BCUT2D eigenvalue weighted by molar-refractivity contribution is 6.10. The van der Waals surface area contributed by atoms with Gasteiger partial charge in [-0.3, -0.25) is 14.4 Å². The van der Waals surface area contributed by atoms with E-state index in [1.807, 2.05) is 0 Å². The van der Waals surface area contributed by atoms with Gasteiger partial charge in [0.1, 0.15) is 11.6 Å². The quantitative estimate of drug-likeness (QED) is 0.530. The standard InChI is InChI=1S/C19H31N5O4.ClH/c1-13(24-17(27)19(22-18(24)28)8-3-4-9-19)16(26)23-11-5-2-6-14(23)12-21-15(25)7-10-20;/h13-14H,2-12,20H2,1H3,(H,21,25)(H,22,28);1H. The number of urea groups is 1. The van der Waals surface area contributed by atoms with Crippen LogP contribution in [0.2, 0.25) is 0 Å². The lowest BCUT2D eigenvalue weighted by Gasteiger charge is -2.38. The maximum absolute atomic E-state index is 13.2. The van der Waals surface area contributed by atoms with Crippen molar-refractivity contribution in [2.75, 3.05) is 19.6 Å². The number of imide groups is 1. The van der Waals surface area contributed by atoms with Crippen LogP contribution in [0.25, 0.3) is 0 Å². The minimum Gasteiger partial charge on any atom is -0.354 e. The van der Waals surface area contributed by atoms with E-state index in [2.05, 4.69) is 10.6 Å². The fraction of sp³-hybridized carbons (Fsp3) is 0.789. The molecule has 3 aliphatic rings. The van der Waals surface area contributed by atoms with Crippen molar-refractivity contribution in [1.82, 2.24) is 20.4 Å². The SMILES string of the molecule is CC(C(=O)N1CCCCC1CNC(=O)CCN)N1C(=O)NC2(CCCC2)C1=O.Cl. The number of carbonyl (C=O) groups is 4. The zero-order valence-corrected chi connectivity index (χ0v) is 17.8. The van der Waals surface area contributed by atoms with Gasteiger partial charge in [0, 0.05) is 32.1 Å². The van der Waals surface area contributed by atoms with Gasteiger partial charge in [-0.25, -0.2) is 9.69 Å². The van der Waals surface area contributed by atoms with E-state index in [-0.39, 0.29) is 49.1 Å². The van der Waals surface area contributed by atoms with Gasteiger partial charge < -0.3 is 21.3 Å².